The molecule has 0 amide bonds. The van der Waals surface area contributed by atoms with Gasteiger partial charge in [-0.15, -0.1) is 0 Å². The van der Waals surface area contributed by atoms with Gasteiger partial charge in [0.25, 0.3) is 0 Å². The zero-order valence-electron chi connectivity index (χ0n) is 16.2. The lowest BCUT2D eigenvalue weighted by Gasteiger charge is -2.51. The molecule has 2 aromatic carbocycles. The summed E-state index contributed by atoms with van der Waals surface area (Å²) in [5, 5.41) is 0. The van der Waals surface area contributed by atoms with Crippen LogP contribution in [0.25, 0.3) is 0 Å². The van der Waals surface area contributed by atoms with Crippen molar-refractivity contribution in [3.8, 4) is 5.75 Å². The Balaban J connectivity index is 1.97. The molecule has 11 heteroatoms. The van der Waals surface area contributed by atoms with Gasteiger partial charge in [-0.05, 0) is 55.5 Å². The number of halogens is 5. The van der Waals surface area contributed by atoms with E-state index in [4.69, 9.17) is 4.74 Å². The molecule has 0 unspecified atom stereocenters. The van der Waals surface area contributed by atoms with Crippen LogP contribution in [0.1, 0.15) is 24.0 Å². The van der Waals surface area contributed by atoms with Crippen molar-refractivity contribution in [2.24, 2.45) is 0 Å². The van der Waals surface area contributed by atoms with Gasteiger partial charge in [-0.1, -0.05) is 11.9 Å². The Hall–Kier alpha value is -1.85. The molecular weight excluding hydrogens is 461 g/mol. The van der Waals surface area contributed by atoms with E-state index >= 15 is 4.39 Å². The normalized spacial score (nSPS) is 24.3. The quantitative estimate of drug-likeness (QED) is 0.468. The van der Waals surface area contributed by atoms with E-state index in [2.05, 4.69) is 0 Å². The number of ether oxygens (including phenoxy) is 1. The number of sulfone groups is 1. The van der Waals surface area contributed by atoms with Crippen LogP contribution in [-0.4, -0.2) is 38.2 Å². The Morgan fingerprint density at radius 3 is 2.35 bits per heavy atom. The van der Waals surface area contributed by atoms with Gasteiger partial charge in [-0.3, -0.25) is 0 Å². The molecule has 2 aromatic rings. The molecule has 2 aliphatic rings. The van der Waals surface area contributed by atoms with E-state index in [1.165, 1.54) is 11.9 Å². The monoisotopic (exact) mass is 479 g/mol. The molecule has 31 heavy (non-hydrogen) atoms. The summed E-state index contributed by atoms with van der Waals surface area (Å²) in [5.74, 6) is -2.28. The highest BCUT2D eigenvalue weighted by atomic mass is 32.2. The molecule has 0 aromatic heterocycles. The predicted molar refractivity (Wildman–Crippen MR) is 105 cm³/mol. The molecule has 4 rings (SSSR count). The molecule has 0 radical (unpaired) electrons. The molecule has 0 N–H and O–H groups in total. The van der Waals surface area contributed by atoms with Gasteiger partial charge in [0.2, 0.25) is 0 Å². The first kappa shape index (κ1) is 22.3. The Labute approximate surface area is 180 Å². The molecule has 1 fully saturated rings. The largest absolute Gasteiger partial charge is 0.488 e. The second-order valence-corrected chi connectivity index (χ2v) is 10.4. The van der Waals surface area contributed by atoms with Crippen LogP contribution < -0.4 is 4.74 Å². The summed E-state index contributed by atoms with van der Waals surface area (Å²) in [6.07, 6.45) is -2.55. The highest BCUT2D eigenvalue weighted by molar-refractivity contribution is 7.96. The highest BCUT2D eigenvalue weighted by Crippen LogP contribution is 2.54. The summed E-state index contributed by atoms with van der Waals surface area (Å²) in [7, 11) is -4.45. The third kappa shape index (κ3) is 3.32. The molecule has 2 atom stereocenters. The maximum atomic E-state index is 15.1. The van der Waals surface area contributed by atoms with Gasteiger partial charge in [0.15, 0.2) is 21.4 Å². The van der Waals surface area contributed by atoms with Crippen LogP contribution in [0.4, 0.5) is 22.0 Å². The van der Waals surface area contributed by atoms with Gasteiger partial charge in [0, 0.05) is 6.54 Å². The van der Waals surface area contributed by atoms with Gasteiger partial charge in [-0.2, -0.15) is 13.2 Å². The predicted octanol–water partition coefficient (Wildman–Crippen LogP) is 4.79. The van der Waals surface area contributed by atoms with E-state index in [-0.39, 0.29) is 17.9 Å². The highest BCUT2D eigenvalue weighted by Gasteiger charge is 2.60. The van der Waals surface area contributed by atoms with E-state index in [9.17, 15) is 26.0 Å². The van der Waals surface area contributed by atoms with Crippen LogP contribution in [0.3, 0.4) is 0 Å². The fraction of sp³-hybridized carbons (Fsp3) is 0.400. The van der Waals surface area contributed by atoms with Crippen LogP contribution >= 0.6 is 11.9 Å². The van der Waals surface area contributed by atoms with Crippen molar-refractivity contribution in [3.05, 3.63) is 59.2 Å². The number of fused-ring (bicyclic) bond motifs is 3. The van der Waals surface area contributed by atoms with E-state index in [1.807, 2.05) is 0 Å². The van der Waals surface area contributed by atoms with E-state index < -0.39 is 55.3 Å². The Morgan fingerprint density at radius 1 is 1.10 bits per heavy atom. The number of rotatable bonds is 3. The zero-order chi connectivity index (χ0) is 22.6. The minimum Gasteiger partial charge on any atom is -0.488 e. The third-order valence-corrected chi connectivity index (χ3v) is 9.32. The van der Waals surface area contributed by atoms with Crippen molar-refractivity contribution in [3.63, 3.8) is 0 Å². The number of alkyl halides is 3. The Kier molecular flexibility index (Phi) is 5.50. The van der Waals surface area contributed by atoms with Crippen LogP contribution in [0.5, 0.6) is 5.75 Å². The number of hydrogen-bond donors (Lipinski definition) is 0. The minimum atomic E-state index is -4.63. The summed E-state index contributed by atoms with van der Waals surface area (Å²) < 4.78 is 102. The molecule has 1 saturated heterocycles. The van der Waals surface area contributed by atoms with Crippen LogP contribution in [0, 0.1) is 11.6 Å². The van der Waals surface area contributed by atoms with Crippen molar-refractivity contribution in [1.29, 1.82) is 0 Å². The number of nitrogens with zero attached hydrogens (tertiary/aromatic N) is 1. The van der Waals surface area contributed by atoms with Gasteiger partial charge in [0.1, 0.15) is 17.2 Å². The number of piperidine rings is 1. The number of benzene rings is 2. The van der Waals surface area contributed by atoms with Crippen LogP contribution in [0.2, 0.25) is 0 Å². The molecule has 0 saturated carbocycles. The molecule has 0 spiro atoms. The van der Waals surface area contributed by atoms with Crippen molar-refractivity contribution in [2.45, 2.75) is 34.7 Å². The van der Waals surface area contributed by atoms with Crippen LogP contribution in [-0.2, 0) is 20.8 Å². The summed E-state index contributed by atoms with van der Waals surface area (Å²) in [6.45, 7) is 0.305. The average Bonchev–Trinajstić information content (AvgIpc) is 2.74. The molecule has 0 bridgehead atoms. The first-order chi connectivity index (χ1) is 14.5. The summed E-state index contributed by atoms with van der Waals surface area (Å²) >= 11 is 1.26. The Bertz CT molecular complexity index is 1110. The van der Waals surface area contributed by atoms with Gasteiger partial charge >= 0.3 is 6.18 Å². The average molecular weight is 479 g/mol. The topological polar surface area (TPSA) is 46.6 Å². The molecule has 2 heterocycles. The lowest BCUT2D eigenvalue weighted by Crippen LogP contribution is -2.61. The molecule has 0 aliphatic carbocycles. The van der Waals surface area contributed by atoms with Gasteiger partial charge < -0.3 is 4.74 Å². The van der Waals surface area contributed by atoms with Gasteiger partial charge in [0.05, 0.1) is 22.1 Å². The van der Waals surface area contributed by atoms with Crippen molar-refractivity contribution < 1.29 is 35.1 Å². The molecule has 2 aliphatic heterocycles. The molecule has 4 nitrogen and oxygen atoms in total. The summed E-state index contributed by atoms with van der Waals surface area (Å²) in [6, 6.07) is 3.95. The maximum absolute atomic E-state index is 15.1. The smallest absolute Gasteiger partial charge is 0.416 e. The third-order valence-electron chi connectivity index (χ3n) is 5.89. The SMILES string of the molecule is CSN1CCC[C@]2(S(=O)(=O)c3ccc(C(F)(F)F)cc3)c3c(F)ccc(F)c3OC[C@H]12. The van der Waals surface area contributed by atoms with Crippen molar-refractivity contribution in [1.82, 2.24) is 4.31 Å². The maximum Gasteiger partial charge on any atom is 0.416 e. The van der Waals surface area contributed by atoms with E-state index in [0.29, 0.717) is 25.1 Å². The second kappa shape index (κ2) is 7.63. The zero-order valence-corrected chi connectivity index (χ0v) is 17.9. The molecular formula is C20H18F5NO3S2. The van der Waals surface area contributed by atoms with E-state index in [1.54, 1.807) is 10.6 Å². The Morgan fingerprint density at radius 2 is 1.74 bits per heavy atom. The lowest BCUT2D eigenvalue weighted by molar-refractivity contribution is -0.137. The second-order valence-electron chi connectivity index (χ2n) is 7.40. The first-order valence-corrected chi connectivity index (χ1v) is 12.0. The van der Waals surface area contributed by atoms with E-state index in [0.717, 1.165) is 24.3 Å². The molecule has 168 valence electrons. The van der Waals surface area contributed by atoms with Gasteiger partial charge in [-0.25, -0.2) is 21.5 Å². The summed E-state index contributed by atoms with van der Waals surface area (Å²) in [5.41, 5.74) is -1.40. The van der Waals surface area contributed by atoms with Crippen molar-refractivity contribution in [2.75, 3.05) is 19.4 Å². The fourth-order valence-corrected chi connectivity index (χ4v) is 7.71. The van der Waals surface area contributed by atoms with Crippen LogP contribution in [0.15, 0.2) is 41.3 Å². The summed E-state index contributed by atoms with van der Waals surface area (Å²) in [4.78, 5) is -0.384. The first-order valence-electron chi connectivity index (χ1n) is 9.38. The fourth-order valence-electron chi connectivity index (χ4n) is 4.49. The standard InChI is InChI=1S/C20H18F5NO3S2/c1-30-26-10-2-9-19(16(26)11-29-18-15(22)8-7-14(21)17(18)19)31(27,28)13-5-3-12(4-6-13)20(23,24)25/h3-8,16H,2,9-11H2,1H3/t16-,19+/m0/s1. The number of hydrogen-bond acceptors (Lipinski definition) is 5. The lowest BCUT2D eigenvalue weighted by atomic mass is 9.81. The minimum absolute atomic E-state index is 0.0190. The van der Waals surface area contributed by atoms with Crippen molar-refractivity contribution >= 4 is 21.8 Å².